The summed E-state index contributed by atoms with van der Waals surface area (Å²) in [6.45, 7) is 5.24. The second-order valence-electron chi connectivity index (χ2n) is 3.27. The zero-order valence-electron chi connectivity index (χ0n) is 8.39. The molecule has 0 saturated carbocycles. The highest BCUT2D eigenvalue weighted by atomic mass is 16.4. The molecule has 0 aromatic heterocycles. The number of carboxylic acids is 1. The lowest BCUT2D eigenvalue weighted by atomic mass is 9.97. The molecule has 76 valence electrons. The normalized spacial score (nSPS) is 15.0. The van der Waals surface area contributed by atoms with E-state index < -0.39 is 11.5 Å². The number of rotatable bonds is 6. The summed E-state index contributed by atoms with van der Waals surface area (Å²) in [5.41, 5.74) is -1.42. The van der Waals surface area contributed by atoms with Crippen LogP contribution in [0.4, 0.5) is 0 Å². The van der Waals surface area contributed by atoms with Crippen molar-refractivity contribution in [2.24, 2.45) is 0 Å². The van der Waals surface area contributed by atoms with E-state index in [0.29, 0.717) is 6.54 Å². The second kappa shape index (κ2) is 4.97. The average molecular weight is 187 g/mol. The van der Waals surface area contributed by atoms with Gasteiger partial charge in [-0.2, -0.15) is 0 Å². The molecule has 4 nitrogen and oxygen atoms in total. The molecule has 0 aromatic carbocycles. The molecule has 0 aliphatic carbocycles. The van der Waals surface area contributed by atoms with Crippen LogP contribution in [-0.2, 0) is 9.59 Å². The lowest BCUT2D eigenvalue weighted by Crippen LogP contribution is -2.55. The third-order valence-electron chi connectivity index (χ3n) is 2.14. The third-order valence-corrected chi connectivity index (χ3v) is 2.14. The largest absolute Gasteiger partial charge is 0.480 e. The molecule has 0 spiro atoms. The molecular weight excluding hydrogens is 170 g/mol. The molecule has 0 aliphatic heterocycles. The first kappa shape index (κ1) is 12.1. The summed E-state index contributed by atoms with van der Waals surface area (Å²) < 4.78 is 0. The van der Waals surface area contributed by atoms with E-state index in [1.54, 1.807) is 0 Å². The van der Waals surface area contributed by atoms with Gasteiger partial charge in [0.25, 0.3) is 0 Å². The quantitative estimate of drug-likeness (QED) is 0.477. The summed E-state index contributed by atoms with van der Waals surface area (Å²) in [5.74, 6) is -1.48. The first-order chi connectivity index (χ1) is 5.95. The molecular formula is C9H17NO3. The van der Waals surface area contributed by atoms with Crippen LogP contribution in [0.15, 0.2) is 0 Å². The Morgan fingerprint density at radius 3 is 2.31 bits per heavy atom. The van der Waals surface area contributed by atoms with Crippen LogP contribution < -0.4 is 5.32 Å². The number of hydrogen-bond acceptors (Lipinski definition) is 3. The number of carbonyl (C=O) groups is 2. The Morgan fingerprint density at radius 2 is 2.00 bits per heavy atom. The van der Waals surface area contributed by atoms with E-state index in [4.69, 9.17) is 5.11 Å². The van der Waals surface area contributed by atoms with Crippen molar-refractivity contribution in [3.63, 3.8) is 0 Å². The van der Waals surface area contributed by atoms with Gasteiger partial charge in [0.05, 0.1) is 0 Å². The fraction of sp³-hybridized carbons (Fsp3) is 0.778. The van der Waals surface area contributed by atoms with Crippen molar-refractivity contribution in [3.8, 4) is 0 Å². The molecule has 0 heterocycles. The Bertz CT molecular complexity index is 187. The number of aliphatic carboxylic acids is 1. The summed E-state index contributed by atoms with van der Waals surface area (Å²) in [7, 11) is 0. The van der Waals surface area contributed by atoms with Gasteiger partial charge in [0.1, 0.15) is 0 Å². The van der Waals surface area contributed by atoms with Gasteiger partial charge in [0.15, 0.2) is 11.3 Å². The summed E-state index contributed by atoms with van der Waals surface area (Å²) in [6, 6.07) is 0. The summed E-state index contributed by atoms with van der Waals surface area (Å²) >= 11 is 0. The number of hydrogen-bond donors (Lipinski definition) is 2. The predicted molar refractivity (Wildman–Crippen MR) is 49.6 cm³/mol. The molecule has 0 aliphatic rings. The Morgan fingerprint density at radius 1 is 1.46 bits per heavy atom. The second-order valence-corrected chi connectivity index (χ2v) is 3.27. The Hall–Kier alpha value is -0.900. The molecule has 1 atom stereocenters. The zero-order valence-corrected chi connectivity index (χ0v) is 8.39. The van der Waals surface area contributed by atoms with Crippen molar-refractivity contribution < 1.29 is 14.7 Å². The van der Waals surface area contributed by atoms with Crippen LogP contribution in [0.1, 0.15) is 33.6 Å². The summed E-state index contributed by atoms with van der Waals surface area (Å²) in [5, 5.41) is 11.6. The van der Waals surface area contributed by atoms with Crippen LogP contribution >= 0.6 is 0 Å². The third kappa shape index (κ3) is 3.14. The standard InChI is InChI=1S/C9H17NO3/c1-4-5-6-10-9(3,7(2)11)8(12)13/h10H,4-6H2,1-3H3,(H,12,13). The highest BCUT2D eigenvalue weighted by Crippen LogP contribution is 2.05. The molecule has 0 saturated heterocycles. The maximum Gasteiger partial charge on any atom is 0.331 e. The topological polar surface area (TPSA) is 66.4 Å². The number of nitrogens with one attached hydrogen (secondary N) is 1. The van der Waals surface area contributed by atoms with E-state index in [0.717, 1.165) is 12.8 Å². The van der Waals surface area contributed by atoms with Gasteiger partial charge in [0, 0.05) is 0 Å². The van der Waals surface area contributed by atoms with Gasteiger partial charge in [-0.1, -0.05) is 13.3 Å². The van der Waals surface area contributed by atoms with Crippen molar-refractivity contribution in [1.29, 1.82) is 0 Å². The fourth-order valence-corrected chi connectivity index (χ4v) is 0.866. The van der Waals surface area contributed by atoms with Crippen LogP contribution in [0, 0.1) is 0 Å². The molecule has 13 heavy (non-hydrogen) atoms. The minimum atomic E-state index is -1.42. The van der Waals surface area contributed by atoms with Gasteiger partial charge in [-0.25, -0.2) is 4.79 Å². The number of carbonyl (C=O) groups excluding carboxylic acids is 1. The summed E-state index contributed by atoms with van der Waals surface area (Å²) in [6.07, 6.45) is 1.84. The van der Waals surface area contributed by atoms with Crippen molar-refractivity contribution >= 4 is 11.8 Å². The van der Waals surface area contributed by atoms with E-state index in [1.807, 2.05) is 6.92 Å². The highest BCUT2D eigenvalue weighted by molar-refractivity contribution is 6.06. The van der Waals surface area contributed by atoms with Crippen LogP contribution in [0.2, 0.25) is 0 Å². The minimum absolute atomic E-state index is 0.365. The van der Waals surface area contributed by atoms with Gasteiger partial charge in [-0.15, -0.1) is 0 Å². The maximum absolute atomic E-state index is 11.1. The molecule has 0 amide bonds. The van der Waals surface area contributed by atoms with E-state index >= 15 is 0 Å². The van der Waals surface area contributed by atoms with Crippen LogP contribution in [0.25, 0.3) is 0 Å². The number of Topliss-reactive ketones (excluding diaryl/α,β-unsaturated/α-hetero) is 1. The molecule has 4 heteroatoms. The van der Waals surface area contributed by atoms with Crippen LogP contribution in [0.5, 0.6) is 0 Å². The van der Waals surface area contributed by atoms with Gasteiger partial charge in [-0.3, -0.25) is 10.1 Å². The smallest absolute Gasteiger partial charge is 0.331 e. The van der Waals surface area contributed by atoms with E-state index in [2.05, 4.69) is 5.32 Å². The lowest BCUT2D eigenvalue weighted by Gasteiger charge is -2.22. The van der Waals surface area contributed by atoms with Gasteiger partial charge in [-0.05, 0) is 26.8 Å². The van der Waals surface area contributed by atoms with E-state index in [-0.39, 0.29) is 5.78 Å². The lowest BCUT2D eigenvalue weighted by molar-refractivity contribution is -0.148. The predicted octanol–water partition coefficient (Wildman–Crippen LogP) is 0.808. The number of unbranched alkanes of at least 4 members (excludes halogenated alkanes) is 1. The number of ketones is 1. The molecule has 0 fully saturated rings. The van der Waals surface area contributed by atoms with Crippen molar-refractivity contribution in [1.82, 2.24) is 5.32 Å². The van der Waals surface area contributed by atoms with Crippen molar-refractivity contribution in [3.05, 3.63) is 0 Å². The average Bonchev–Trinajstić information content (AvgIpc) is 2.03. The molecule has 0 aromatic rings. The molecule has 2 N–H and O–H groups in total. The Labute approximate surface area is 78.3 Å². The first-order valence-electron chi connectivity index (χ1n) is 4.44. The zero-order chi connectivity index (χ0) is 10.5. The van der Waals surface area contributed by atoms with Crippen LogP contribution in [-0.4, -0.2) is 28.9 Å². The summed E-state index contributed by atoms with van der Waals surface area (Å²) in [4.78, 5) is 21.8. The maximum atomic E-state index is 11.1. The van der Waals surface area contributed by atoms with Crippen molar-refractivity contribution in [2.75, 3.05) is 6.54 Å². The van der Waals surface area contributed by atoms with Gasteiger partial charge in [0.2, 0.25) is 0 Å². The first-order valence-corrected chi connectivity index (χ1v) is 4.44. The minimum Gasteiger partial charge on any atom is -0.480 e. The molecule has 1 unspecified atom stereocenters. The van der Waals surface area contributed by atoms with E-state index in [9.17, 15) is 9.59 Å². The molecule has 0 bridgehead atoms. The monoisotopic (exact) mass is 187 g/mol. The molecule has 0 radical (unpaired) electrons. The fourth-order valence-electron chi connectivity index (χ4n) is 0.866. The Kier molecular flexibility index (Phi) is 4.62. The van der Waals surface area contributed by atoms with E-state index in [1.165, 1.54) is 13.8 Å². The molecule has 0 rings (SSSR count). The SMILES string of the molecule is CCCCNC(C)(C(C)=O)C(=O)O. The Balaban J connectivity index is 4.26. The van der Waals surface area contributed by atoms with Gasteiger partial charge >= 0.3 is 5.97 Å². The van der Waals surface area contributed by atoms with Gasteiger partial charge < -0.3 is 5.11 Å². The number of carboxylic acid groups (broad SMARTS) is 1. The van der Waals surface area contributed by atoms with Crippen molar-refractivity contribution in [2.45, 2.75) is 39.2 Å². The highest BCUT2D eigenvalue weighted by Gasteiger charge is 2.37. The van der Waals surface area contributed by atoms with Crippen LogP contribution in [0.3, 0.4) is 0 Å².